The van der Waals surface area contributed by atoms with Crippen molar-refractivity contribution in [2.45, 2.75) is 38.3 Å². The summed E-state index contributed by atoms with van der Waals surface area (Å²) in [6.07, 6.45) is 5.65. The van der Waals surface area contributed by atoms with Crippen molar-refractivity contribution in [3.8, 4) is 0 Å². The van der Waals surface area contributed by atoms with Crippen LogP contribution in [-0.4, -0.2) is 78.4 Å². The molecule has 0 radical (unpaired) electrons. The maximum Gasteiger partial charge on any atom is 0.231 e. The van der Waals surface area contributed by atoms with Gasteiger partial charge in [-0.1, -0.05) is 0 Å². The van der Waals surface area contributed by atoms with Gasteiger partial charge in [0.05, 0.1) is 17.4 Å². The lowest BCUT2D eigenvalue weighted by Gasteiger charge is -2.53. The Bertz CT molecular complexity index is 858. The molecule has 1 aromatic heterocycles. The first-order valence-corrected chi connectivity index (χ1v) is 11.5. The summed E-state index contributed by atoms with van der Waals surface area (Å²) in [6.45, 7) is 2.95. The van der Waals surface area contributed by atoms with Gasteiger partial charge in [-0.05, 0) is 31.7 Å². The van der Waals surface area contributed by atoms with Crippen LogP contribution in [0.5, 0.6) is 0 Å². The second-order valence-electron chi connectivity index (χ2n) is 8.22. The predicted molar refractivity (Wildman–Crippen MR) is 102 cm³/mol. The highest BCUT2D eigenvalue weighted by Gasteiger charge is 2.57. The molecule has 3 aliphatic heterocycles. The Morgan fingerprint density at radius 2 is 2.07 bits per heavy atom. The molecule has 3 fully saturated rings. The van der Waals surface area contributed by atoms with E-state index in [0.717, 1.165) is 25.9 Å². The van der Waals surface area contributed by atoms with E-state index in [0.29, 0.717) is 38.0 Å². The Balaban J connectivity index is 1.64. The molecule has 0 spiro atoms. The molecular formula is C19H27FN4O3S. The van der Waals surface area contributed by atoms with Crippen LogP contribution in [0.25, 0.3) is 0 Å². The number of aromatic nitrogens is 1. The van der Waals surface area contributed by atoms with Gasteiger partial charge in [0.15, 0.2) is 0 Å². The maximum absolute atomic E-state index is 14.1. The van der Waals surface area contributed by atoms with E-state index in [1.807, 2.05) is 4.90 Å². The van der Waals surface area contributed by atoms with Crippen LogP contribution < -0.4 is 0 Å². The van der Waals surface area contributed by atoms with Crippen LogP contribution in [0.15, 0.2) is 18.5 Å². The maximum atomic E-state index is 14.1. The Kier molecular flexibility index (Phi) is 5.18. The highest BCUT2D eigenvalue weighted by Crippen LogP contribution is 2.44. The fraction of sp³-hybridized carbons (Fsp3) is 0.684. The van der Waals surface area contributed by atoms with E-state index in [-0.39, 0.29) is 23.5 Å². The lowest BCUT2D eigenvalue weighted by atomic mass is 9.71. The van der Waals surface area contributed by atoms with Crippen molar-refractivity contribution in [2.24, 2.45) is 5.41 Å². The van der Waals surface area contributed by atoms with E-state index in [9.17, 15) is 17.6 Å². The molecule has 0 N–H and O–H groups in total. The molecule has 1 aromatic rings. The molecule has 0 saturated carbocycles. The summed E-state index contributed by atoms with van der Waals surface area (Å²) in [6, 6.07) is 1.33. The lowest BCUT2D eigenvalue weighted by molar-refractivity contribution is -0.150. The molecule has 1 amide bonds. The molecule has 0 bridgehead atoms. The number of hydrogen-bond donors (Lipinski definition) is 0. The molecule has 4 heterocycles. The first-order valence-electron chi connectivity index (χ1n) is 9.89. The van der Waals surface area contributed by atoms with E-state index in [1.54, 1.807) is 19.3 Å². The third kappa shape index (κ3) is 3.33. The van der Waals surface area contributed by atoms with E-state index in [4.69, 9.17) is 0 Å². The highest BCUT2D eigenvalue weighted by atomic mass is 32.2. The molecular weight excluding hydrogens is 383 g/mol. The monoisotopic (exact) mass is 410 g/mol. The average molecular weight is 411 g/mol. The molecule has 0 aromatic carbocycles. The van der Waals surface area contributed by atoms with Gasteiger partial charge in [-0.2, -0.15) is 0 Å². The number of sulfonamides is 1. The number of carbonyl (C=O) groups is 1. The summed E-state index contributed by atoms with van der Waals surface area (Å²) in [5, 5.41) is 0. The summed E-state index contributed by atoms with van der Waals surface area (Å²) in [5.74, 6) is -0.304. The van der Waals surface area contributed by atoms with Crippen molar-refractivity contribution in [1.82, 2.24) is 19.1 Å². The molecule has 154 valence electrons. The number of pyridine rings is 1. The molecule has 2 atom stereocenters. The van der Waals surface area contributed by atoms with Crippen molar-refractivity contribution in [1.29, 1.82) is 0 Å². The third-order valence-electron chi connectivity index (χ3n) is 6.62. The smallest absolute Gasteiger partial charge is 0.231 e. The Labute approximate surface area is 165 Å². The van der Waals surface area contributed by atoms with Gasteiger partial charge in [0, 0.05) is 57.6 Å². The number of carbonyl (C=O) groups excluding carboxylic acids is 1. The van der Waals surface area contributed by atoms with E-state index >= 15 is 0 Å². The van der Waals surface area contributed by atoms with Gasteiger partial charge in [0.1, 0.15) is 5.82 Å². The Morgan fingerprint density at radius 3 is 2.79 bits per heavy atom. The minimum Gasteiger partial charge on any atom is -0.342 e. The van der Waals surface area contributed by atoms with Crippen LogP contribution in [0.3, 0.4) is 0 Å². The number of amides is 1. The Morgan fingerprint density at radius 1 is 1.32 bits per heavy atom. The Hall–Kier alpha value is -1.58. The molecule has 0 aliphatic carbocycles. The van der Waals surface area contributed by atoms with Crippen molar-refractivity contribution in [3.05, 3.63) is 29.8 Å². The number of rotatable bonds is 3. The molecule has 3 saturated heterocycles. The van der Waals surface area contributed by atoms with Crippen molar-refractivity contribution in [3.63, 3.8) is 0 Å². The fourth-order valence-electron chi connectivity index (χ4n) is 5.05. The summed E-state index contributed by atoms with van der Waals surface area (Å²) >= 11 is 0. The van der Waals surface area contributed by atoms with Gasteiger partial charge in [0.25, 0.3) is 0 Å². The van der Waals surface area contributed by atoms with Gasteiger partial charge in [-0.15, -0.1) is 0 Å². The van der Waals surface area contributed by atoms with E-state index in [1.165, 1.54) is 10.5 Å². The molecule has 7 nitrogen and oxygen atoms in total. The van der Waals surface area contributed by atoms with E-state index in [2.05, 4.69) is 9.88 Å². The SMILES string of the molecule is CN1[C@@H]2CCN(Cc3ccncc3F)C[C@@]2(C(=O)N2CCCC2)CCS1(=O)=O. The topological polar surface area (TPSA) is 73.8 Å². The van der Waals surface area contributed by atoms with Crippen LogP contribution in [0, 0.1) is 11.2 Å². The number of nitrogens with zero attached hydrogens (tertiary/aromatic N) is 4. The first-order chi connectivity index (χ1) is 13.3. The van der Waals surface area contributed by atoms with Crippen molar-refractivity contribution in [2.75, 3.05) is 39.0 Å². The van der Waals surface area contributed by atoms with Crippen LogP contribution in [-0.2, 0) is 21.4 Å². The second kappa shape index (κ2) is 7.35. The van der Waals surface area contributed by atoms with Crippen LogP contribution in [0.2, 0.25) is 0 Å². The van der Waals surface area contributed by atoms with Crippen LogP contribution >= 0.6 is 0 Å². The van der Waals surface area contributed by atoms with Crippen molar-refractivity contribution < 1.29 is 17.6 Å². The average Bonchev–Trinajstić information content (AvgIpc) is 3.21. The molecule has 4 rings (SSSR count). The van der Waals surface area contributed by atoms with Crippen molar-refractivity contribution >= 4 is 15.9 Å². The van der Waals surface area contributed by atoms with Gasteiger partial charge in [-0.3, -0.25) is 14.7 Å². The fourth-order valence-corrected chi connectivity index (χ4v) is 6.65. The second-order valence-corrected chi connectivity index (χ2v) is 10.4. The normalized spacial score (nSPS) is 30.9. The number of halogens is 1. The summed E-state index contributed by atoms with van der Waals surface area (Å²) in [5.41, 5.74) is -0.208. The first kappa shape index (κ1) is 19.7. The lowest BCUT2D eigenvalue weighted by Crippen LogP contribution is -2.67. The summed E-state index contributed by atoms with van der Waals surface area (Å²) in [4.78, 5) is 21.4. The van der Waals surface area contributed by atoms with Gasteiger partial charge < -0.3 is 4.90 Å². The molecule has 0 unspecified atom stereocenters. The number of hydrogen-bond acceptors (Lipinski definition) is 5. The zero-order chi connectivity index (χ0) is 19.9. The standard InChI is InChI=1S/C19H27FN4O3S/c1-22-17-5-10-23(13-15-4-7-21-12-16(15)20)14-19(17,6-11-28(22,26)27)18(25)24-8-2-3-9-24/h4,7,12,17H,2-3,5-6,8-11,13-14H2,1H3/t17-,19+/m1/s1. The van der Waals surface area contributed by atoms with Gasteiger partial charge >= 0.3 is 0 Å². The number of fused-ring (bicyclic) bond motifs is 1. The number of likely N-dealkylation sites (tertiary alicyclic amines) is 2. The third-order valence-corrected chi connectivity index (χ3v) is 8.47. The number of piperidine rings is 1. The quantitative estimate of drug-likeness (QED) is 0.745. The molecule has 3 aliphatic rings. The largest absolute Gasteiger partial charge is 0.342 e. The predicted octanol–water partition coefficient (Wildman–Crippen LogP) is 1.07. The van der Waals surface area contributed by atoms with Gasteiger partial charge in [-0.25, -0.2) is 17.1 Å². The summed E-state index contributed by atoms with van der Waals surface area (Å²) in [7, 11) is -1.73. The van der Waals surface area contributed by atoms with E-state index < -0.39 is 15.4 Å². The molecule has 28 heavy (non-hydrogen) atoms. The summed E-state index contributed by atoms with van der Waals surface area (Å²) < 4.78 is 40.5. The van der Waals surface area contributed by atoms with Crippen LogP contribution in [0.1, 0.15) is 31.2 Å². The minimum atomic E-state index is -3.33. The minimum absolute atomic E-state index is 0.0168. The van der Waals surface area contributed by atoms with Crippen LogP contribution in [0.4, 0.5) is 4.39 Å². The van der Waals surface area contributed by atoms with Gasteiger partial charge in [0.2, 0.25) is 15.9 Å². The zero-order valence-electron chi connectivity index (χ0n) is 16.2. The molecule has 9 heteroatoms. The zero-order valence-corrected chi connectivity index (χ0v) is 17.0. The highest BCUT2D eigenvalue weighted by molar-refractivity contribution is 7.89.